The summed E-state index contributed by atoms with van der Waals surface area (Å²) in [4.78, 5) is 0. The molecule has 0 aromatic heterocycles. The number of hydrogen-bond acceptors (Lipinski definition) is 2. The molecule has 1 unspecified atom stereocenters. The zero-order valence-electron chi connectivity index (χ0n) is 8.25. The summed E-state index contributed by atoms with van der Waals surface area (Å²) in [6, 6.07) is 5.58. The second-order valence-corrected chi connectivity index (χ2v) is 4.65. The second-order valence-electron chi connectivity index (χ2n) is 3.81. The van der Waals surface area contributed by atoms with Gasteiger partial charge in [-0.25, -0.2) is 0 Å². The summed E-state index contributed by atoms with van der Waals surface area (Å²) in [5.41, 5.74) is 6.86. The third-order valence-corrected chi connectivity index (χ3v) is 3.41. The Balaban J connectivity index is 2.25. The summed E-state index contributed by atoms with van der Waals surface area (Å²) in [6.45, 7) is 2.15. The maximum absolute atomic E-state index is 6.15. The van der Waals surface area contributed by atoms with Crippen LogP contribution < -0.4 is 5.73 Å². The first-order valence-corrected chi connectivity index (χ1v) is 5.70. The van der Waals surface area contributed by atoms with Crippen molar-refractivity contribution >= 4 is 23.2 Å². The predicted octanol–water partition coefficient (Wildman–Crippen LogP) is 2.68. The van der Waals surface area contributed by atoms with E-state index in [0.717, 1.165) is 18.8 Å². The molecule has 0 spiro atoms. The monoisotopic (exact) mass is 245 g/mol. The van der Waals surface area contributed by atoms with Gasteiger partial charge in [-0.2, -0.15) is 0 Å². The predicted molar refractivity (Wildman–Crippen MR) is 62.6 cm³/mol. The van der Waals surface area contributed by atoms with Gasteiger partial charge in [0, 0.05) is 21.9 Å². The molecule has 1 heterocycles. The molecule has 2 nitrogen and oxygen atoms in total. The van der Waals surface area contributed by atoms with Crippen molar-refractivity contribution in [2.75, 3.05) is 19.8 Å². The first kappa shape index (κ1) is 11.2. The normalized spacial score (nSPS) is 18.6. The van der Waals surface area contributed by atoms with E-state index in [-0.39, 0.29) is 5.92 Å². The number of rotatable bonds is 3. The molecule has 15 heavy (non-hydrogen) atoms. The van der Waals surface area contributed by atoms with E-state index >= 15 is 0 Å². The Hall–Kier alpha value is -0.280. The van der Waals surface area contributed by atoms with Crippen LogP contribution in [0.3, 0.4) is 0 Å². The quantitative estimate of drug-likeness (QED) is 0.889. The van der Waals surface area contributed by atoms with Gasteiger partial charge in [0.15, 0.2) is 0 Å². The molecule has 1 aliphatic heterocycles. The van der Waals surface area contributed by atoms with E-state index in [1.54, 1.807) is 6.07 Å². The van der Waals surface area contributed by atoms with E-state index in [9.17, 15) is 0 Å². The van der Waals surface area contributed by atoms with Crippen molar-refractivity contribution in [2.45, 2.75) is 5.92 Å². The summed E-state index contributed by atoms with van der Waals surface area (Å²) in [7, 11) is 0. The Morgan fingerprint density at radius 1 is 1.40 bits per heavy atom. The zero-order chi connectivity index (χ0) is 10.8. The van der Waals surface area contributed by atoms with Crippen molar-refractivity contribution in [3.05, 3.63) is 33.8 Å². The SMILES string of the molecule is NCC(c1ccc(Cl)cc1Cl)C1COC1. The van der Waals surface area contributed by atoms with Crippen molar-refractivity contribution in [3.8, 4) is 0 Å². The molecule has 1 atom stereocenters. The van der Waals surface area contributed by atoms with Crippen LogP contribution in [-0.2, 0) is 4.74 Å². The molecule has 1 fully saturated rings. The lowest BCUT2D eigenvalue weighted by molar-refractivity contribution is -0.0437. The van der Waals surface area contributed by atoms with Gasteiger partial charge in [-0.1, -0.05) is 29.3 Å². The Morgan fingerprint density at radius 2 is 2.13 bits per heavy atom. The van der Waals surface area contributed by atoms with Crippen molar-refractivity contribution in [1.29, 1.82) is 0 Å². The van der Waals surface area contributed by atoms with Crippen LogP contribution in [0.2, 0.25) is 10.0 Å². The lowest BCUT2D eigenvalue weighted by Crippen LogP contribution is -2.36. The molecule has 4 heteroatoms. The average Bonchev–Trinajstić information content (AvgIpc) is 2.12. The minimum absolute atomic E-state index is 0.281. The highest BCUT2D eigenvalue weighted by Gasteiger charge is 2.29. The van der Waals surface area contributed by atoms with E-state index in [1.807, 2.05) is 12.1 Å². The van der Waals surface area contributed by atoms with E-state index in [1.165, 1.54) is 0 Å². The molecule has 2 rings (SSSR count). The topological polar surface area (TPSA) is 35.2 Å². The van der Waals surface area contributed by atoms with Crippen LogP contribution in [-0.4, -0.2) is 19.8 Å². The number of hydrogen-bond donors (Lipinski definition) is 1. The smallest absolute Gasteiger partial charge is 0.0522 e. The number of nitrogens with two attached hydrogens (primary N) is 1. The molecular weight excluding hydrogens is 233 g/mol. The summed E-state index contributed by atoms with van der Waals surface area (Å²) in [6.07, 6.45) is 0. The van der Waals surface area contributed by atoms with Crippen molar-refractivity contribution in [1.82, 2.24) is 0 Å². The highest BCUT2D eigenvalue weighted by molar-refractivity contribution is 6.35. The lowest BCUT2D eigenvalue weighted by Gasteiger charge is -2.33. The van der Waals surface area contributed by atoms with E-state index < -0.39 is 0 Å². The fourth-order valence-corrected chi connectivity index (χ4v) is 2.41. The van der Waals surface area contributed by atoms with Gasteiger partial charge < -0.3 is 10.5 Å². The minimum atomic E-state index is 0.281. The van der Waals surface area contributed by atoms with Gasteiger partial charge >= 0.3 is 0 Å². The fourth-order valence-electron chi connectivity index (χ4n) is 1.86. The summed E-state index contributed by atoms with van der Waals surface area (Å²) >= 11 is 12.0. The number of benzene rings is 1. The molecule has 0 saturated carbocycles. The third-order valence-electron chi connectivity index (χ3n) is 2.85. The third kappa shape index (κ3) is 2.28. The Kier molecular flexibility index (Phi) is 3.52. The molecule has 1 saturated heterocycles. The van der Waals surface area contributed by atoms with Gasteiger partial charge in [0.1, 0.15) is 0 Å². The van der Waals surface area contributed by atoms with E-state index in [2.05, 4.69) is 0 Å². The van der Waals surface area contributed by atoms with Gasteiger partial charge in [0.25, 0.3) is 0 Å². The summed E-state index contributed by atoms with van der Waals surface area (Å²) in [5.74, 6) is 0.775. The molecule has 1 aromatic carbocycles. The van der Waals surface area contributed by atoms with Crippen molar-refractivity contribution in [3.63, 3.8) is 0 Å². The highest BCUT2D eigenvalue weighted by Crippen LogP contribution is 2.34. The van der Waals surface area contributed by atoms with Gasteiger partial charge in [-0.3, -0.25) is 0 Å². The molecule has 0 bridgehead atoms. The average molecular weight is 246 g/mol. The molecular formula is C11H13Cl2NO. The largest absolute Gasteiger partial charge is 0.381 e. The number of ether oxygens (including phenoxy) is 1. The van der Waals surface area contributed by atoms with Gasteiger partial charge in [0.2, 0.25) is 0 Å². The number of halogens is 2. The Morgan fingerprint density at radius 3 is 2.60 bits per heavy atom. The minimum Gasteiger partial charge on any atom is -0.381 e. The van der Waals surface area contributed by atoms with Crippen LogP contribution in [0, 0.1) is 5.92 Å². The summed E-state index contributed by atoms with van der Waals surface area (Å²) < 4.78 is 5.18. The van der Waals surface area contributed by atoms with Crippen molar-refractivity contribution in [2.24, 2.45) is 11.7 Å². The van der Waals surface area contributed by atoms with Crippen LogP contribution in [0.15, 0.2) is 18.2 Å². The van der Waals surface area contributed by atoms with Gasteiger partial charge in [-0.15, -0.1) is 0 Å². The van der Waals surface area contributed by atoms with Crippen LogP contribution in [0.4, 0.5) is 0 Å². The van der Waals surface area contributed by atoms with Crippen LogP contribution in [0.25, 0.3) is 0 Å². The maximum atomic E-state index is 6.15. The van der Waals surface area contributed by atoms with Crippen molar-refractivity contribution < 1.29 is 4.74 Å². The highest BCUT2D eigenvalue weighted by atomic mass is 35.5. The molecule has 2 N–H and O–H groups in total. The molecule has 0 amide bonds. The van der Waals surface area contributed by atoms with Crippen LogP contribution in [0.1, 0.15) is 11.5 Å². The lowest BCUT2D eigenvalue weighted by atomic mass is 9.85. The molecule has 0 aliphatic carbocycles. The van der Waals surface area contributed by atoms with Crippen LogP contribution >= 0.6 is 23.2 Å². The molecule has 1 aliphatic rings. The first-order chi connectivity index (χ1) is 7.22. The van der Waals surface area contributed by atoms with Crippen LogP contribution in [0.5, 0.6) is 0 Å². The van der Waals surface area contributed by atoms with Gasteiger partial charge in [0.05, 0.1) is 13.2 Å². The zero-order valence-corrected chi connectivity index (χ0v) is 9.76. The fraction of sp³-hybridized carbons (Fsp3) is 0.455. The molecule has 82 valence electrons. The van der Waals surface area contributed by atoms with E-state index in [0.29, 0.717) is 22.5 Å². The standard InChI is InChI=1S/C11H13Cl2NO/c12-8-1-2-9(11(13)3-8)10(4-14)7-5-15-6-7/h1-3,7,10H,4-6,14H2. The Labute approximate surface area is 99.3 Å². The summed E-state index contributed by atoms with van der Waals surface area (Å²) in [5, 5.41) is 1.36. The first-order valence-electron chi connectivity index (χ1n) is 4.95. The molecule has 0 radical (unpaired) electrons. The molecule has 1 aromatic rings. The Bertz CT molecular complexity index is 352. The van der Waals surface area contributed by atoms with Gasteiger partial charge in [-0.05, 0) is 24.2 Å². The second kappa shape index (κ2) is 4.71. The maximum Gasteiger partial charge on any atom is 0.0522 e. The van der Waals surface area contributed by atoms with E-state index in [4.69, 9.17) is 33.7 Å².